The van der Waals surface area contributed by atoms with Gasteiger partial charge in [0.15, 0.2) is 11.5 Å². The first-order valence-electron chi connectivity index (χ1n) is 8.61. The molecule has 9 heteroatoms. The zero-order valence-electron chi connectivity index (χ0n) is 15.1. The van der Waals surface area contributed by atoms with Crippen molar-refractivity contribution in [3.05, 3.63) is 64.8 Å². The quantitative estimate of drug-likeness (QED) is 0.590. The molecule has 2 amide bonds. The second-order valence-corrected chi connectivity index (χ2v) is 6.44. The molecule has 28 heavy (non-hydrogen) atoms. The third-order valence-electron chi connectivity index (χ3n) is 4.06. The smallest absolute Gasteiger partial charge is 0.280 e. The Morgan fingerprint density at radius 2 is 1.82 bits per heavy atom. The van der Waals surface area contributed by atoms with E-state index in [9.17, 15) is 9.59 Å². The van der Waals surface area contributed by atoms with Gasteiger partial charge in [-0.15, -0.1) is 5.10 Å². The van der Waals surface area contributed by atoms with E-state index in [1.807, 2.05) is 31.2 Å². The number of nitrogen functional groups attached to an aromatic ring is 1. The fourth-order valence-corrected chi connectivity index (χ4v) is 2.72. The van der Waals surface area contributed by atoms with Crippen molar-refractivity contribution in [3.8, 4) is 0 Å². The molecule has 0 fully saturated rings. The highest BCUT2D eigenvalue weighted by molar-refractivity contribution is 6.30. The molecule has 144 valence electrons. The summed E-state index contributed by atoms with van der Waals surface area (Å²) in [5.74, 6) is -0.838. The van der Waals surface area contributed by atoms with Gasteiger partial charge in [-0.05, 0) is 42.3 Å². The van der Waals surface area contributed by atoms with E-state index >= 15 is 0 Å². The predicted octanol–water partition coefficient (Wildman–Crippen LogP) is 2.97. The number of amides is 2. The van der Waals surface area contributed by atoms with Crippen LogP contribution in [0.25, 0.3) is 0 Å². The van der Waals surface area contributed by atoms with E-state index in [4.69, 9.17) is 17.3 Å². The van der Waals surface area contributed by atoms with Crippen LogP contribution in [0.4, 0.5) is 17.2 Å². The molecule has 2 aromatic carbocycles. The van der Waals surface area contributed by atoms with Crippen LogP contribution in [-0.4, -0.2) is 26.8 Å². The van der Waals surface area contributed by atoms with Crippen LogP contribution in [0.2, 0.25) is 5.02 Å². The number of benzene rings is 2. The van der Waals surface area contributed by atoms with Crippen molar-refractivity contribution >= 4 is 40.6 Å². The standard InChI is InChI=1S/C19H19ClN6O2/c1-2-12-5-3-4-6-15(12)23-16(27)11-26-18(21)17(24-25-26)19(28)22-14-9-7-13(20)8-10-14/h3-10H,2,11,21H2,1H3,(H,22,28)(H,23,27). The molecule has 3 aromatic rings. The first-order valence-corrected chi connectivity index (χ1v) is 8.99. The molecule has 8 nitrogen and oxygen atoms in total. The summed E-state index contributed by atoms with van der Waals surface area (Å²) < 4.78 is 1.18. The van der Waals surface area contributed by atoms with Crippen LogP contribution in [0.5, 0.6) is 0 Å². The Morgan fingerprint density at radius 1 is 1.11 bits per heavy atom. The molecule has 0 aliphatic rings. The highest BCUT2D eigenvalue weighted by atomic mass is 35.5. The highest BCUT2D eigenvalue weighted by Crippen LogP contribution is 2.17. The number of nitrogens with two attached hydrogens (primary N) is 1. The predicted molar refractivity (Wildman–Crippen MR) is 108 cm³/mol. The van der Waals surface area contributed by atoms with Crippen LogP contribution >= 0.6 is 11.6 Å². The number of para-hydroxylation sites is 1. The lowest BCUT2D eigenvalue weighted by Gasteiger charge is -2.10. The van der Waals surface area contributed by atoms with E-state index in [-0.39, 0.29) is 24.0 Å². The molecule has 0 bridgehead atoms. The van der Waals surface area contributed by atoms with E-state index < -0.39 is 5.91 Å². The molecule has 0 saturated carbocycles. The summed E-state index contributed by atoms with van der Waals surface area (Å²) in [6.45, 7) is 1.84. The SMILES string of the molecule is CCc1ccccc1NC(=O)Cn1nnc(C(=O)Nc2ccc(Cl)cc2)c1N. The normalized spacial score (nSPS) is 10.5. The van der Waals surface area contributed by atoms with Crippen molar-refractivity contribution in [3.63, 3.8) is 0 Å². The van der Waals surface area contributed by atoms with Crippen LogP contribution in [0, 0.1) is 0 Å². The number of carbonyl (C=O) groups is 2. The lowest BCUT2D eigenvalue weighted by atomic mass is 10.1. The molecule has 0 radical (unpaired) electrons. The first kappa shape index (κ1) is 19.4. The number of hydrogen-bond donors (Lipinski definition) is 3. The third-order valence-corrected chi connectivity index (χ3v) is 4.31. The Kier molecular flexibility index (Phi) is 5.90. The molecule has 1 heterocycles. The summed E-state index contributed by atoms with van der Waals surface area (Å²) >= 11 is 5.82. The monoisotopic (exact) mass is 398 g/mol. The summed E-state index contributed by atoms with van der Waals surface area (Å²) in [4.78, 5) is 24.7. The van der Waals surface area contributed by atoms with E-state index in [1.54, 1.807) is 24.3 Å². The maximum absolute atomic E-state index is 12.4. The van der Waals surface area contributed by atoms with Gasteiger partial charge in [-0.1, -0.05) is 41.9 Å². The average molecular weight is 399 g/mol. The number of halogens is 1. The Bertz CT molecular complexity index is 1000. The number of anilines is 3. The Hall–Kier alpha value is -3.39. The topological polar surface area (TPSA) is 115 Å². The fourth-order valence-electron chi connectivity index (χ4n) is 2.60. The Labute approximate surface area is 166 Å². The van der Waals surface area contributed by atoms with E-state index in [2.05, 4.69) is 20.9 Å². The van der Waals surface area contributed by atoms with Gasteiger partial charge in [0.05, 0.1) is 0 Å². The molecule has 0 saturated heterocycles. The zero-order valence-corrected chi connectivity index (χ0v) is 15.9. The van der Waals surface area contributed by atoms with E-state index in [0.29, 0.717) is 10.7 Å². The van der Waals surface area contributed by atoms with Crippen LogP contribution < -0.4 is 16.4 Å². The fraction of sp³-hybridized carbons (Fsp3) is 0.158. The minimum Gasteiger partial charge on any atom is -0.382 e. The molecule has 1 aromatic heterocycles. The van der Waals surface area contributed by atoms with Crippen LogP contribution in [-0.2, 0) is 17.8 Å². The molecule has 0 atom stereocenters. The second-order valence-electron chi connectivity index (χ2n) is 6.00. The maximum Gasteiger partial charge on any atom is 0.280 e. The number of aryl methyl sites for hydroxylation is 1. The first-order chi connectivity index (χ1) is 13.5. The van der Waals surface area contributed by atoms with Crippen molar-refractivity contribution in [2.24, 2.45) is 0 Å². The van der Waals surface area contributed by atoms with Gasteiger partial charge in [0.1, 0.15) is 6.54 Å². The van der Waals surface area contributed by atoms with Gasteiger partial charge in [0, 0.05) is 16.4 Å². The van der Waals surface area contributed by atoms with Crippen molar-refractivity contribution in [1.29, 1.82) is 0 Å². The lowest BCUT2D eigenvalue weighted by molar-refractivity contribution is -0.116. The molecule has 4 N–H and O–H groups in total. The van der Waals surface area contributed by atoms with Crippen molar-refractivity contribution in [2.45, 2.75) is 19.9 Å². The number of aromatic nitrogens is 3. The molecule has 3 rings (SSSR count). The number of nitrogens with zero attached hydrogens (tertiary/aromatic N) is 3. The molecular formula is C19H19ClN6O2. The van der Waals surface area contributed by atoms with Gasteiger partial charge in [-0.2, -0.15) is 0 Å². The minimum atomic E-state index is -0.525. The van der Waals surface area contributed by atoms with Gasteiger partial charge in [-0.25, -0.2) is 4.68 Å². The van der Waals surface area contributed by atoms with Gasteiger partial charge < -0.3 is 16.4 Å². The van der Waals surface area contributed by atoms with Crippen molar-refractivity contribution < 1.29 is 9.59 Å². The molecule has 0 unspecified atom stereocenters. The number of carbonyl (C=O) groups excluding carboxylic acids is 2. The summed E-state index contributed by atoms with van der Waals surface area (Å²) in [7, 11) is 0. The van der Waals surface area contributed by atoms with Gasteiger partial charge in [0.25, 0.3) is 5.91 Å². The summed E-state index contributed by atoms with van der Waals surface area (Å²) in [6, 6.07) is 14.1. The van der Waals surface area contributed by atoms with E-state index in [1.165, 1.54) is 4.68 Å². The molecule has 0 aliphatic heterocycles. The molecular weight excluding hydrogens is 380 g/mol. The van der Waals surface area contributed by atoms with Gasteiger partial charge in [-0.3, -0.25) is 9.59 Å². The zero-order chi connectivity index (χ0) is 20.1. The number of rotatable bonds is 6. The van der Waals surface area contributed by atoms with Crippen LogP contribution in [0.15, 0.2) is 48.5 Å². The Balaban J connectivity index is 1.67. The molecule has 0 spiro atoms. The summed E-state index contributed by atoms with van der Waals surface area (Å²) in [5, 5.41) is 13.6. The summed E-state index contributed by atoms with van der Waals surface area (Å²) in [5.41, 5.74) is 8.19. The Morgan fingerprint density at radius 3 is 2.54 bits per heavy atom. The molecule has 0 aliphatic carbocycles. The van der Waals surface area contributed by atoms with E-state index in [0.717, 1.165) is 17.7 Å². The number of hydrogen-bond acceptors (Lipinski definition) is 5. The average Bonchev–Trinajstić information content (AvgIpc) is 3.04. The van der Waals surface area contributed by atoms with Gasteiger partial charge in [0.2, 0.25) is 5.91 Å². The highest BCUT2D eigenvalue weighted by Gasteiger charge is 2.19. The van der Waals surface area contributed by atoms with Crippen molar-refractivity contribution in [2.75, 3.05) is 16.4 Å². The largest absolute Gasteiger partial charge is 0.382 e. The van der Waals surface area contributed by atoms with Gasteiger partial charge >= 0.3 is 0 Å². The van der Waals surface area contributed by atoms with Crippen LogP contribution in [0.1, 0.15) is 23.0 Å². The van der Waals surface area contributed by atoms with Crippen LogP contribution in [0.3, 0.4) is 0 Å². The lowest BCUT2D eigenvalue weighted by Crippen LogP contribution is -2.22. The third kappa shape index (κ3) is 4.47. The van der Waals surface area contributed by atoms with Crippen molar-refractivity contribution in [1.82, 2.24) is 15.0 Å². The number of nitrogens with one attached hydrogen (secondary N) is 2. The maximum atomic E-state index is 12.4. The second kappa shape index (κ2) is 8.53. The minimum absolute atomic E-state index is 0.00499. The summed E-state index contributed by atoms with van der Waals surface area (Å²) in [6.07, 6.45) is 0.789.